The van der Waals surface area contributed by atoms with Gasteiger partial charge < -0.3 is 15.0 Å². The van der Waals surface area contributed by atoms with Gasteiger partial charge in [0, 0.05) is 25.2 Å². The van der Waals surface area contributed by atoms with Crippen molar-refractivity contribution in [3.63, 3.8) is 0 Å². The number of hydrogen-bond acceptors (Lipinski definition) is 3. The topological polar surface area (TPSA) is 41.6 Å². The zero-order chi connectivity index (χ0) is 16.6. The minimum absolute atomic E-state index is 0.0329. The zero-order valence-corrected chi connectivity index (χ0v) is 12.9. The molecule has 1 aromatic carbocycles. The third-order valence-corrected chi connectivity index (χ3v) is 4.44. The summed E-state index contributed by atoms with van der Waals surface area (Å²) in [7, 11) is 2.03. The van der Waals surface area contributed by atoms with Crippen molar-refractivity contribution >= 4 is 5.91 Å². The second-order valence-corrected chi connectivity index (χ2v) is 6.16. The maximum absolute atomic E-state index is 13.2. The molecule has 126 valence electrons. The summed E-state index contributed by atoms with van der Waals surface area (Å²) >= 11 is 0. The van der Waals surface area contributed by atoms with E-state index in [0.29, 0.717) is 5.56 Å². The van der Waals surface area contributed by atoms with Gasteiger partial charge in [0.2, 0.25) is 0 Å². The lowest BCUT2D eigenvalue weighted by atomic mass is 9.99. The molecule has 23 heavy (non-hydrogen) atoms. The lowest BCUT2D eigenvalue weighted by Crippen LogP contribution is -2.34. The maximum Gasteiger partial charge on any atom is 0.416 e. The van der Waals surface area contributed by atoms with Gasteiger partial charge in [0.05, 0.1) is 18.3 Å². The first-order valence-electron chi connectivity index (χ1n) is 7.66. The van der Waals surface area contributed by atoms with Crippen LogP contribution < -0.4 is 5.32 Å². The molecule has 7 heteroatoms. The van der Waals surface area contributed by atoms with E-state index in [4.69, 9.17) is 4.74 Å². The van der Waals surface area contributed by atoms with Crippen molar-refractivity contribution in [2.75, 3.05) is 20.1 Å². The Kier molecular flexibility index (Phi) is 4.33. The van der Waals surface area contributed by atoms with Gasteiger partial charge in [-0.25, -0.2) is 0 Å². The summed E-state index contributed by atoms with van der Waals surface area (Å²) in [4.78, 5) is 13.9. The van der Waals surface area contributed by atoms with E-state index in [1.807, 2.05) is 7.05 Å². The molecule has 1 amide bonds. The minimum atomic E-state index is -4.47. The van der Waals surface area contributed by atoms with Crippen molar-refractivity contribution in [3.05, 3.63) is 34.4 Å². The maximum atomic E-state index is 13.2. The van der Waals surface area contributed by atoms with Gasteiger partial charge in [0.25, 0.3) is 5.91 Å². The number of ether oxygens (including phenoxy) is 1. The number of amides is 1. The van der Waals surface area contributed by atoms with E-state index in [0.717, 1.165) is 32.0 Å². The first-order valence-corrected chi connectivity index (χ1v) is 7.66. The van der Waals surface area contributed by atoms with E-state index in [9.17, 15) is 18.0 Å². The number of likely N-dealkylation sites (tertiary alicyclic amines) is 1. The number of piperidine rings is 1. The van der Waals surface area contributed by atoms with Gasteiger partial charge in [-0.1, -0.05) is 0 Å². The van der Waals surface area contributed by atoms with Crippen molar-refractivity contribution in [2.24, 2.45) is 0 Å². The SMILES string of the molecule is CN1CCC(OCc2cc3c(c(C(F)(F)F)c2)CNC3=O)CC1. The molecule has 0 bridgehead atoms. The molecule has 0 unspecified atom stereocenters. The van der Waals surface area contributed by atoms with Crippen LogP contribution in [0.25, 0.3) is 0 Å². The molecule has 2 aliphatic rings. The lowest BCUT2D eigenvalue weighted by molar-refractivity contribution is -0.138. The predicted molar refractivity (Wildman–Crippen MR) is 77.9 cm³/mol. The van der Waals surface area contributed by atoms with Crippen LogP contribution in [0.3, 0.4) is 0 Å². The predicted octanol–water partition coefficient (Wildman–Crippen LogP) is 2.56. The standard InChI is InChI=1S/C16H19F3N2O2/c1-21-4-2-11(3-5-21)23-9-10-6-12-13(8-20-15(12)22)14(7-10)16(17,18)19/h6-7,11H,2-5,8-9H2,1H3,(H,20,22). The van der Waals surface area contributed by atoms with Crippen LogP contribution in [0.5, 0.6) is 0 Å². The lowest BCUT2D eigenvalue weighted by Gasteiger charge is -2.29. The largest absolute Gasteiger partial charge is 0.416 e. The van der Waals surface area contributed by atoms with Crippen LogP contribution in [0, 0.1) is 0 Å². The van der Waals surface area contributed by atoms with Crippen molar-refractivity contribution in [3.8, 4) is 0 Å². The fourth-order valence-electron chi connectivity index (χ4n) is 3.09. The number of nitrogens with zero attached hydrogens (tertiary/aromatic N) is 1. The minimum Gasteiger partial charge on any atom is -0.373 e. The van der Waals surface area contributed by atoms with Crippen LogP contribution in [-0.4, -0.2) is 37.0 Å². The summed E-state index contributed by atoms with van der Waals surface area (Å²) in [5.74, 6) is -0.452. The summed E-state index contributed by atoms with van der Waals surface area (Å²) in [5.41, 5.74) is -0.199. The third kappa shape index (κ3) is 3.50. The van der Waals surface area contributed by atoms with Gasteiger partial charge in [-0.15, -0.1) is 0 Å². The van der Waals surface area contributed by atoms with Crippen molar-refractivity contribution in [2.45, 2.75) is 38.3 Å². The monoisotopic (exact) mass is 328 g/mol. The summed E-state index contributed by atoms with van der Waals surface area (Å²) in [6.07, 6.45) is -2.68. The molecule has 2 aliphatic heterocycles. The van der Waals surface area contributed by atoms with Crippen molar-refractivity contribution < 1.29 is 22.7 Å². The highest BCUT2D eigenvalue weighted by atomic mass is 19.4. The molecule has 0 saturated carbocycles. The number of halogens is 3. The Labute approximate surface area is 132 Å². The van der Waals surface area contributed by atoms with E-state index in [2.05, 4.69) is 10.2 Å². The number of carbonyl (C=O) groups is 1. The van der Waals surface area contributed by atoms with E-state index < -0.39 is 17.6 Å². The average Bonchev–Trinajstić information content (AvgIpc) is 2.86. The third-order valence-electron chi connectivity index (χ3n) is 4.44. The average molecular weight is 328 g/mol. The molecule has 0 radical (unpaired) electrons. The highest BCUT2D eigenvalue weighted by Crippen LogP contribution is 2.36. The number of fused-ring (bicyclic) bond motifs is 1. The molecule has 1 saturated heterocycles. The van der Waals surface area contributed by atoms with Gasteiger partial charge in [-0.3, -0.25) is 4.79 Å². The Morgan fingerprint density at radius 2 is 2.00 bits per heavy atom. The van der Waals surface area contributed by atoms with E-state index in [-0.39, 0.29) is 30.4 Å². The first kappa shape index (κ1) is 16.3. The molecule has 3 rings (SSSR count). The Hall–Kier alpha value is -1.60. The van der Waals surface area contributed by atoms with Gasteiger partial charge in [0.15, 0.2) is 0 Å². The highest BCUT2D eigenvalue weighted by Gasteiger charge is 2.37. The number of benzene rings is 1. The van der Waals surface area contributed by atoms with Gasteiger partial charge in [-0.05, 0) is 43.1 Å². The normalized spacial score (nSPS) is 19.7. The van der Waals surface area contributed by atoms with Gasteiger partial charge in [-0.2, -0.15) is 13.2 Å². The fraction of sp³-hybridized carbons (Fsp3) is 0.562. The fourth-order valence-corrected chi connectivity index (χ4v) is 3.09. The van der Waals surface area contributed by atoms with Crippen LogP contribution in [0.4, 0.5) is 13.2 Å². The van der Waals surface area contributed by atoms with E-state index in [1.54, 1.807) is 0 Å². The smallest absolute Gasteiger partial charge is 0.373 e. The number of hydrogen-bond donors (Lipinski definition) is 1. The van der Waals surface area contributed by atoms with Crippen LogP contribution >= 0.6 is 0 Å². The molecule has 0 atom stereocenters. The number of nitrogens with one attached hydrogen (secondary N) is 1. The van der Waals surface area contributed by atoms with Crippen molar-refractivity contribution in [1.82, 2.24) is 10.2 Å². The molecule has 1 aromatic rings. The number of carbonyl (C=O) groups excluding carboxylic acids is 1. The zero-order valence-electron chi connectivity index (χ0n) is 12.9. The summed E-state index contributed by atoms with van der Waals surface area (Å²) in [6, 6.07) is 2.62. The Balaban J connectivity index is 1.77. The molecule has 2 heterocycles. The Bertz CT molecular complexity index is 608. The first-order chi connectivity index (χ1) is 10.8. The van der Waals surface area contributed by atoms with E-state index >= 15 is 0 Å². The molecule has 1 fully saturated rings. The molecule has 1 N–H and O–H groups in total. The molecule has 0 aliphatic carbocycles. The summed E-state index contributed by atoms with van der Waals surface area (Å²) < 4.78 is 45.4. The van der Waals surface area contributed by atoms with E-state index in [1.165, 1.54) is 6.07 Å². The van der Waals surface area contributed by atoms with Crippen LogP contribution in [0.15, 0.2) is 12.1 Å². The van der Waals surface area contributed by atoms with Crippen LogP contribution in [0.2, 0.25) is 0 Å². The Morgan fingerprint density at radius 3 is 2.65 bits per heavy atom. The molecule has 0 spiro atoms. The second-order valence-electron chi connectivity index (χ2n) is 6.16. The number of alkyl halides is 3. The molecule has 4 nitrogen and oxygen atoms in total. The second kappa shape index (κ2) is 6.13. The van der Waals surface area contributed by atoms with Crippen LogP contribution in [0.1, 0.15) is 39.9 Å². The molecular weight excluding hydrogens is 309 g/mol. The summed E-state index contributed by atoms with van der Waals surface area (Å²) in [6.45, 7) is 1.87. The van der Waals surface area contributed by atoms with Gasteiger partial charge in [0.1, 0.15) is 0 Å². The quantitative estimate of drug-likeness (QED) is 0.927. The summed E-state index contributed by atoms with van der Waals surface area (Å²) in [5, 5.41) is 2.45. The molecular formula is C16H19F3N2O2. The Morgan fingerprint density at radius 1 is 1.30 bits per heavy atom. The number of rotatable bonds is 3. The van der Waals surface area contributed by atoms with Crippen molar-refractivity contribution in [1.29, 1.82) is 0 Å². The molecule has 0 aromatic heterocycles. The highest BCUT2D eigenvalue weighted by molar-refractivity contribution is 5.99. The van der Waals surface area contributed by atoms with Gasteiger partial charge >= 0.3 is 6.18 Å². The van der Waals surface area contributed by atoms with Crippen LogP contribution in [-0.2, 0) is 24.1 Å².